The molecule has 102 valence electrons. The second kappa shape index (κ2) is 5.71. The van der Waals surface area contributed by atoms with Crippen molar-refractivity contribution in [1.29, 1.82) is 0 Å². The molecule has 0 atom stereocenters. The second-order valence-electron chi connectivity index (χ2n) is 4.87. The molecule has 0 aliphatic carbocycles. The van der Waals surface area contributed by atoms with E-state index in [0.717, 1.165) is 11.4 Å². The minimum Gasteiger partial charge on any atom is -0.387 e. The van der Waals surface area contributed by atoms with Crippen LogP contribution < -0.4 is 5.76 Å². The van der Waals surface area contributed by atoms with E-state index in [9.17, 15) is 4.79 Å². The van der Waals surface area contributed by atoms with Gasteiger partial charge in [0.1, 0.15) is 0 Å². The fraction of sp³-hybridized carbons (Fsp3) is 0.538. The lowest BCUT2D eigenvalue weighted by Crippen LogP contribution is -2.23. The molecule has 3 rings (SSSR count). The van der Waals surface area contributed by atoms with Gasteiger partial charge in [-0.3, -0.25) is 4.90 Å². The van der Waals surface area contributed by atoms with E-state index in [4.69, 9.17) is 4.42 Å². The molecule has 0 bridgehead atoms. The minimum absolute atomic E-state index is 0.386. The van der Waals surface area contributed by atoms with Crippen LogP contribution in [0.15, 0.2) is 21.3 Å². The highest BCUT2D eigenvalue weighted by Crippen LogP contribution is 2.27. The smallest absolute Gasteiger partial charge is 0.387 e. The average molecular weight is 279 g/mol. The van der Waals surface area contributed by atoms with E-state index in [1.807, 2.05) is 6.07 Å². The molecule has 0 aromatic carbocycles. The quantitative estimate of drug-likeness (QED) is 0.937. The maximum Gasteiger partial charge on any atom is 0.434 e. The van der Waals surface area contributed by atoms with E-state index < -0.39 is 5.76 Å². The van der Waals surface area contributed by atoms with Crippen molar-refractivity contribution in [1.82, 2.24) is 15.1 Å². The standard InChI is InChI=1S/C13H17N3O2S/c17-13-15-14-12(18-13)11-6-5-10(19-11)9-16-7-3-1-2-4-8-16/h5-6H,1-4,7-9H2,(H,15,17). The third-order valence-corrected chi connectivity index (χ3v) is 4.45. The highest BCUT2D eigenvalue weighted by Gasteiger charge is 2.13. The summed E-state index contributed by atoms with van der Waals surface area (Å²) >= 11 is 1.64. The minimum atomic E-state index is -0.502. The summed E-state index contributed by atoms with van der Waals surface area (Å²) in [5.41, 5.74) is 0. The van der Waals surface area contributed by atoms with Crippen LogP contribution in [0.2, 0.25) is 0 Å². The molecule has 0 spiro atoms. The predicted octanol–water partition coefficient (Wildman–Crippen LogP) is 2.47. The van der Waals surface area contributed by atoms with Crippen LogP contribution in [0.1, 0.15) is 30.6 Å². The molecule has 1 aliphatic heterocycles. The van der Waals surface area contributed by atoms with Gasteiger partial charge in [-0.15, -0.1) is 16.4 Å². The number of hydrogen-bond acceptors (Lipinski definition) is 5. The van der Waals surface area contributed by atoms with E-state index in [1.165, 1.54) is 43.6 Å². The van der Waals surface area contributed by atoms with Crippen molar-refractivity contribution >= 4 is 11.3 Å². The molecular weight excluding hydrogens is 262 g/mol. The van der Waals surface area contributed by atoms with Crippen molar-refractivity contribution in [3.63, 3.8) is 0 Å². The van der Waals surface area contributed by atoms with Crippen molar-refractivity contribution in [2.45, 2.75) is 32.2 Å². The van der Waals surface area contributed by atoms with Crippen LogP contribution >= 0.6 is 11.3 Å². The van der Waals surface area contributed by atoms with Gasteiger partial charge in [-0.1, -0.05) is 12.8 Å². The molecule has 0 amide bonds. The predicted molar refractivity (Wildman–Crippen MR) is 74.2 cm³/mol. The SMILES string of the molecule is O=c1[nH]nc(-c2ccc(CN3CCCCCC3)s2)o1. The fourth-order valence-corrected chi connectivity index (χ4v) is 3.40. The third kappa shape index (κ3) is 3.13. The summed E-state index contributed by atoms with van der Waals surface area (Å²) in [7, 11) is 0. The molecule has 1 aliphatic rings. The van der Waals surface area contributed by atoms with Gasteiger partial charge in [0.25, 0.3) is 5.89 Å². The normalized spacial score (nSPS) is 17.5. The van der Waals surface area contributed by atoms with Crippen LogP contribution in [0.25, 0.3) is 10.8 Å². The van der Waals surface area contributed by atoms with Gasteiger partial charge in [-0.2, -0.15) is 0 Å². The molecule has 2 aromatic rings. The van der Waals surface area contributed by atoms with Crippen LogP contribution in [0, 0.1) is 0 Å². The van der Waals surface area contributed by atoms with Crippen LogP contribution in [0.5, 0.6) is 0 Å². The first-order chi connectivity index (χ1) is 9.31. The topological polar surface area (TPSA) is 62.1 Å². The van der Waals surface area contributed by atoms with E-state index in [-0.39, 0.29) is 0 Å². The first-order valence-corrected chi connectivity index (χ1v) is 7.50. The number of aromatic nitrogens is 2. The van der Waals surface area contributed by atoms with E-state index in [2.05, 4.69) is 21.2 Å². The van der Waals surface area contributed by atoms with Gasteiger partial charge in [0, 0.05) is 11.4 Å². The molecule has 3 heterocycles. The number of H-pyrrole nitrogens is 1. The van der Waals surface area contributed by atoms with Gasteiger partial charge in [0.15, 0.2) is 0 Å². The van der Waals surface area contributed by atoms with Crippen LogP contribution in [0.4, 0.5) is 0 Å². The fourth-order valence-electron chi connectivity index (χ4n) is 2.43. The molecule has 1 fully saturated rings. The Morgan fingerprint density at radius 3 is 2.74 bits per heavy atom. The monoisotopic (exact) mass is 279 g/mol. The van der Waals surface area contributed by atoms with E-state index >= 15 is 0 Å². The molecule has 1 N–H and O–H groups in total. The van der Waals surface area contributed by atoms with Crippen molar-refractivity contribution in [3.05, 3.63) is 27.6 Å². The number of nitrogens with one attached hydrogen (secondary N) is 1. The number of thiophene rings is 1. The molecule has 0 radical (unpaired) electrons. The average Bonchev–Trinajstić information content (AvgIpc) is 2.94. The maximum atomic E-state index is 10.9. The lowest BCUT2D eigenvalue weighted by Gasteiger charge is -2.18. The third-order valence-electron chi connectivity index (χ3n) is 3.39. The molecule has 0 saturated carbocycles. The zero-order valence-corrected chi connectivity index (χ0v) is 11.5. The van der Waals surface area contributed by atoms with Crippen molar-refractivity contribution < 1.29 is 4.42 Å². The molecular formula is C13H17N3O2S. The lowest BCUT2D eigenvalue weighted by atomic mass is 10.2. The van der Waals surface area contributed by atoms with Gasteiger partial charge in [0.2, 0.25) is 0 Å². The van der Waals surface area contributed by atoms with Gasteiger partial charge in [-0.05, 0) is 38.1 Å². The number of aromatic amines is 1. The van der Waals surface area contributed by atoms with Crippen LogP contribution in [-0.2, 0) is 6.54 Å². The Balaban J connectivity index is 1.69. The Morgan fingerprint density at radius 1 is 1.26 bits per heavy atom. The summed E-state index contributed by atoms with van der Waals surface area (Å²) < 4.78 is 4.97. The van der Waals surface area contributed by atoms with Crippen molar-refractivity contribution in [2.24, 2.45) is 0 Å². The van der Waals surface area contributed by atoms with Gasteiger partial charge in [0.05, 0.1) is 4.88 Å². The maximum absolute atomic E-state index is 10.9. The lowest BCUT2D eigenvalue weighted by molar-refractivity contribution is 0.279. The Hall–Kier alpha value is -1.40. The Morgan fingerprint density at radius 2 is 2.05 bits per heavy atom. The molecule has 6 heteroatoms. The van der Waals surface area contributed by atoms with Gasteiger partial charge >= 0.3 is 5.76 Å². The van der Waals surface area contributed by atoms with E-state index in [0.29, 0.717) is 5.89 Å². The zero-order valence-electron chi connectivity index (χ0n) is 10.7. The zero-order chi connectivity index (χ0) is 13.1. The van der Waals surface area contributed by atoms with Crippen molar-refractivity contribution in [2.75, 3.05) is 13.1 Å². The molecule has 19 heavy (non-hydrogen) atoms. The number of likely N-dealkylation sites (tertiary alicyclic amines) is 1. The first-order valence-electron chi connectivity index (χ1n) is 6.68. The largest absolute Gasteiger partial charge is 0.434 e. The van der Waals surface area contributed by atoms with Crippen LogP contribution in [0.3, 0.4) is 0 Å². The highest BCUT2D eigenvalue weighted by atomic mass is 32.1. The molecule has 5 nitrogen and oxygen atoms in total. The number of hydrogen-bond donors (Lipinski definition) is 1. The van der Waals surface area contributed by atoms with Crippen molar-refractivity contribution in [3.8, 4) is 10.8 Å². The van der Waals surface area contributed by atoms with Gasteiger partial charge in [-0.25, -0.2) is 9.89 Å². The summed E-state index contributed by atoms with van der Waals surface area (Å²) in [6.07, 6.45) is 5.30. The Kier molecular flexibility index (Phi) is 3.79. The molecule has 2 aromatic heterocycles. The molecule has 0 unspecified atom stereocenters. The summed E-state index contributed by atoms with van der Waals surface area (Å²) in [5.74, 6) is -0.116. The second-order valence-corrected chi connectivity index (χ2v) is 6.04. The highest BCUT2D eigenvalue weighted by molar-refractivity contribution is 7.15. The van der Waals surface area contributed by atoms with Crippen LogP contribution in [-0.4, -0.2) is 28.2 Å². The first kappa shape index (κ1) is 12.6. The number of rotatable bonds is 3. The number of nitrogens with zero attached hydrogens (tertiary/aromatic N) is 2. The summed E-state index contributed by atoms with van der Waals surface area (Å²) in [6.45, 7) is 3.36. The van der Waals surface area contributed by atoms with Gasteiger partial charge < -0.3 is 4.42 Å². The Labute approximate surface area is 115 Å². The molecule has 1 saturated heterocycles. The Bertz CT molecular complexity index is 578. The summed E-state index contributed by atoms with van der Waals surface area (Å²) in [5, 5.41) is 6.14. The summed E-state index contributed by atoms with van der Waals surface area (Å²) in [6, 6.07) is 4.07. The summed E-state index contributed by atoms with van der Waals surface area (Å²) in [4.78, 5) is 15.6. The van der Waals surface area contributed by atoms with E-state index in [1.54, 1.807) is 11.3 Å².